The van der Waals surface area contributed by atoms with Crippen LogP contribution in [0.4, 0.5) is 4.79 Å². The number of urea groups is 1. The van der Waals surface area contributed by atoms with Crippen molar-refractivity contribution in [2.24, 2.45) is 5.92 Å². The number of carboxylic acids is 1. The molecule has 0 bridgehead atoms. The molecule has 3 N–H and O–H groups in total. The number of carboxylic acid groups (broad SMARTS) is 1. The van der Waals surface area contributed by atoms with Crippen molar-refractivity contribution >= 4 is 12.0 Å². The summed E-state index contributed by atoms with van der Waals surface area (Å²) in [5.74, 6) is -0.415. The SMILES string of the molecule is CCC(CCNC(=O)NC(C)C1CCCO1)CCC(=O)O. The predicted molar refractivity (Wildman–Crippen MR) is 80.2 cm³/mol. The van der Waals surface area contributed by atoms with E-state index in [4.69, 9.17) is 9.84 Å². The summed E-state index contributed by atoms with van der Waals surface area (Å²) in [5.41, 5.74) is 0. The molecule has 0 aromatic heterocycles. The van der Waals surface area contributed by atoms with Crippen molar-refractivity contribution in [3.8, 4) is 0 Å². The van der Waals surface area contributed by atoms with Crippen LogP contribution in [0, 0.1) is 5.92 Å². The molecular formula is C15H28N2O4. The van der Waals surface area contributed by atoms with Gasteiger partial charge in [-0.15, -0.1) is 0 Å². The van der Waals surface area contributed by atoms with Crippen LogP contribution in [0.15, 0.2) is 0 Å². The third-order valence-corrected chi connectivity index (χ3v) is 4.06. The number of nitrogens with one attached hydrogen (secondary N) is 2. The smallest absolute Gasteiger partial charge is 0.315 e. The first-order valence-electron chi connectivity index (χ1n) is 7.90. The van der Waals surface area contributed by atoms with Crippen LogP contribution in [0.3, 0.4) is 0 Å². The van der Waals surface area contributed by atoms with Gasteiger partial charge in [-0.1, -0.05) is 13.3 Å². The van der Waals surface area contributed by atoms with Crippen LogP contribution in [0.25, 0.3) is 0 Å². The molecular weight excluding hydrogens is 272 g/mol. The fourth-order valence-electron chi connectivity index (χ4n) is 2.62. The van der Waals surface area contributed by atoms with Gasteiger partial charge in [0, 0.05) is 19.6 Å². The third kappa shape index (κ3) is 7.32. The minimum absolute atomic E-state index is 0.0153. The molecule has 0 radical (unpaired) electrons. The number of rotatable bonds is 9. The fraction of sp³-hybridized carbons (Fsp3) is 0.867. The maximum Gasteiger partial charge on any atom is 0.315 e. The Hall–Kier alpha value is -1.30. The van der Waals surface area contributed by atoms with Crippen molar-refractivity contribution in [2.45, 2.75) is 64.5 Å². The van der Waals surface area contributed by atoms with E-state index >= 15 is 0 Å². The Labute approximate surface area is 126 Å². The molecule has 3 unspecified atom stereocenters. The van der Waals surface area contributed by atoms with Crippen molar-refractivity contribution in [1.82, 2.24) is 10.6 Å². The Morgan fingerprint density at radius 1 is 1.38 bits per heavy atom. The quantitative estimate of drug-likeness (QED) is 0.609. The van der Waals surface area contributed by atoms with Crippen LogP contribution in [0.5, 0.6) is 0 Å². The Bertz CT molecular complexity index is 330. The van der Waals surface area contributed by atoms with Crippen LogP contribution in [0.1, 0.15) is 52.4 Å². The van der Waals surface area contributed by atoms with Gasteiger partial charge in [0.25, 0.3) is 0 Å². The first kappa shape index (κ1) is 17.8. The molecule has 1 aliphatic rings. The van der Waals surface area contributed by atoms with Crippen molar-refractivity contribution in [3.05, 3.63) is 0 Å². The van der Waals surface area contributed by atoms with Gasteiger partial charge >= 0.3 is 12.0 Å². The number of amides is 2. The summed E-state index contributed by atoms with van der Waals surface area (Å²) in [7, 11) is 0. The lowest BCUT2D eigenvalue weighted by molar-refractivity contribution is -0.137. The van der Waals surface area contributed by atoms with Crippen LogP contribution in [-0.4, -0.2) is 42.4 Å². The summed E-state index contributed by atoms with van der Waals surface area (Å²) >= 11 is 0. The van der Waals surface area contributed by atoms with E-state index in [2.05, 4.69) is 10.6 Å². The Morgan fingerprint density at radius 2 is 2.14 bits per heavy atom. The molecule has 6 heteroatoms. The number of carbonyl (C=O) groups is 2. The molecule has 0 spiro atoms. The minimum atomic E-state index is -0.760. The molecule has 0 aromatic rings. The second-order valence-electron chi connectivity index (χ2n) is 5.74. The molecule has 0 saturated carbocycles. The van der Waals surface area contributed by atoms with Crippen LogP contribution in [-0.2, 0) is 9.53 Å². The number of aliphatic carboxylic acids is 1. The van der Waals surface area contributed by atoms with Gasteiger partial charge in [0.1, 0.15) is 0 Å². The van der Waals surface area contributed by atoms with E-state index in [-0.39, 0.29) is 24.6 Å². The summed E-state index contributed by atoms with van der Waals surface area (Å²) in [4.78, 5) is 22.3. The highest BCUT2D eigenvalue weighted by Crippen LogP contribution is 2.16. The van der Waals surface area contributed by atoms with Crippen LogP contribution in [0.2, 0.25) is 0 Å². The molecule has 1 aliphatic heterocycles. The van der Waals surface area contributed by atoms with Crippen LogP contribution >= 0.6 is 0 Å². The second-order valence-corrected chi connectivity index (χ2v) is 5.74. The average Bonchev–Trinajstić information content (AvgIpc) is 2.96. The van der Waals surface area contributed by atoms with E-state index in [0.29, 0.717) is 18.9 Å². The standard InChI is InChI=1S/C15H28N2O4/c1-3-12(6-7-14(18)19)8-9-16-15(20)17-11(2)13-5-4-10-21-13/h11-13H,3-10H2,1-2H3,(H,18,19)(H2,16,17,20). The molecule has 1 fully saturated rings. The van der Waals surface area contributed by atoms with Gasteiger partial charge in [-0.05, 0) is 38.5 Å². The second kappa shape index (κ2) is 9.60. The van der Waals surface area contributed by atoms with Gasteiger partial charge in [-0.2, -0.15) is 0 Å². The number of ether oxygens (including phenoxy) is 1. The highest BCUT2D eigenvalue weighted by Gasteiger charge is 2.23. The largest absolute Gasteiger partial charge is 0.481 e. The number of hydrogen-bond acceptors (Lipinski definition) is 3. The average molecular weight is 300 g/mol. The van der Waals surface area contributed by atoms with Gasteiger partial charge in [0.15, 0.2) is 0 Å². The highest BCUT2D eigenvalue weighted by molar-refractivity contribution is 5.74. The maximum absolute atomic E-state index is 11.8. The molecule has 0 aliphatic carbocycles. The van der Waals surface area contributed by atoms with Crippen LogP contribution < -0.4 is 10.6 Å². The van der Waals surface area contributed by atoms with E-state index in [1.807, 2.05) is 13.8 Å². The van der Waals surface area contributed by atoms with Crippen molar-refractivity contribution in [2.75, 3.05) is 13.2 Å². The lowest BCUT2D eigenvalue weighted by Gasteiger charge is -2.20. The molecule has 1 saturated heterocycles. The minimum Gasteiger partial charge on any atom is -0.481 e. The molecule has 2 amide bonds. The Balaban J connectivity index is 2.15. The number of hydrogen-bond donors (Lipinski definition) is 3. The van der Waals surface area contributed by atoms with E-state index in [9.17, 15) is 9.59 Å². The maximum atomic E-state index is 11.8. The first-order valence-corrected chi connectivity index (χ1v) is 7.90. The molecule has 1 rings (SSSR count). The molecule has 21 heavy (non-hydrogen) atoms. The zero-order chi connectivity index (χ0) is 15.7. The molecule has 6 nitrogen and oxygen atoms in total. The zero-order valence-electron chi connectivity index (χ0n) is 13.1. The lowest BCUT2D eigenvalue weighted by Crippen LogP contribution is -2.46. The van der Waals surface area contributed by atoms with Crippen molar-refractivity contribution in [3.63, 3.8) is 0 Å². The van der Waals surface area contributed by atoms with Crippen molar-refractivity contribution in [1.29, 1.82) is 0 Å². The zero-order valence-corrected chi connectivity index (χ0v) is 13.1. The highest BCUT2D eigenvalue weighted by atomic mass is 16.5. The van der Waals surface area contributed by atoms with Gasteiger partial charge in [-0.25, -0.2) is 4.79 Å². The van der Waals surface area contributed by atoms with E-state index < -0.39 is 5.97 Å². The predicted octanol–water partition coefficient (Wildman–Crippen LogP) is 2.13. The fourth-order valence-corrected chi connectivity index (χ4v) is 2.62. The summed E-state index contributed by atoms with van der Waals surface area (Å²) in [5, 5.41) is 14.4. The summed E-state index contributed by atoms with van der Waals surface area (Å²) < 4.78 is 5.53. The summed E-state index contributed by atoms with van der Waals surface area (Å²) in [6.45, 7) is 5.35. The van der Waals surface area contributed by atoms with Gasteiger partial charge in [0.2, 0.25) is 0 Å². The topological polar surface area (TPSA) is 87.7 Å². The molecule has 0 aromatic carbocycles. The van der Waals surface area contributed by atoms with Gasteiger partial charge in [0.05, 0.1) is 12.1 Å². The van der Waals surface area contributed by atoms with E-state index in [0.717, 1.165) is 32.3 Å². The Morgan fingerprint density at radius 3 is 2.71 bits per heavy atom. The third-order valence-electron chi connectivity index (χ3n) is 4.06. The molecule has 3 atom stereocenters. The Kier molecular flexibility index (Phi) is 8.12. The summed E-state index contributed by atoms with van der Waals surface area (Å²) in [6.07, 6.45) is 4.78. The molecule has 1 heterocycles. The number of carbonyl (C=O) groups excluding carboxylic acids is 1. The monoisotopic (exact) mass is 300 g/mol. The normalized spacial score (nSPS) is 20.8. The van der Waals surface area contributed by atoms with Gasteiger partial charge in [-0.3, -0.25) is 4.79 Å². The summed E-state index contributed by atoms with van der Waals surface area (Å²) in [6, 6.07) is -0.160. The first-order chi connectivity index (χ1) is 10.0. The lowest BCUT2D eigenvalue weighted by atomic mass is 9.97. The van der Waals surface area contributed by atoms with E-state index in [1.54, 1.807) is 0 Å². The molecule has 122 valence electrons. The van der Waals surface area contributed by atoms with Crippen molar-refractivity contribution < 1.29 is 19.4 Å². The van der Waals surface area contributed by atoms with Gasteiger partial charge < -0.3 is 20.5 Å². The van der Waals surface area contributed by atoms with E-state index in [1.165, 1.54) is 0 Å².